The number of Topliss-reactive ketones (excluding diaryl/α,β-unsaturated/α-hetero) is 1. The molecule has 0 radical (unpaired) electrons. The number of halogens is 3. The highest BCUT2D eigenvalue weighted by atomic mass is 19.3. The van der Waals surface area contributed by atoms with Crippen molar-refractivity contribution in [3.63, 3.8) is 0 Å². The summed E-state index contributed by atoms with van der Waals surface area (Å²) in [5.74, 6) is -2.87. The highest BCUT2D eigenvalue weighted by molar-refractivity contribution is 5.99. The van der Waals surface area contributed by atoms with Crippen molar-refractivity contribution in [3.8, 4) is 5.75 Å². The minimum Gasteiger partial charge on any atom is -0.427 e. The molecule has 0 atom stereocenters. The summed E-state index contributed by atoms with van der Waals surface area (Å²) in [6, 6.07) is 1.02. The molecule has 0 aliphatic carbocycles. The van der Waals surface area contributed by atoms with Gasteiger partial charge in [-0.3, -0.25) is 14.9 Å². The molecule has 0 spiro atoms. The number of hydrogen-bond acceptors (Lipinski definition) is 4. The van der Waals surface area contributed by atoms with Gasteiger partial charge in [-0.05, 0) is 13.0 Å². The Bertz CT molecular complexity index is 476. The predicted octanol–water partition coefficient (Wildman–Crippen LogP) is 2.54. The van der Waals surface area contributed by atoms with E-state index in [0.717, 1.165) is 6.92 Å². The van der Waals surface area contributed by atoms with E-state index in [2.05, 4.69) is 4.74 Å². The van der Waals surface area contributed by atoms with Crippen molar-refractivity contribution in [2.75, 3.05) is 0 Å². The topological polar surface area (TPSA) is 69.4 Å². The van der Waals surface area contributed by atoms with Crippen LogP contribution in [0.2, 0.25) is 0 Å². The summed E-state index contributed by atoms with van der Waals surface area (Å²) in [4.78, 5) is 20.6. The van der Waals surface area contributed by atoms with Crippen molar-refractivity contribution < 1.29 is 27.6 Å². The van der Waals surface area contributed by atoms with E-state index in [9.17, 15) is 28.1 Å². The van der Waals surface area contributed by atoms with Crippen molar-refractivity contribution in [1.82, 2.24) is 0 Å². The molecule has 0 N–H and O–H groups in total. The number of alkyl halides is 2. The van der Waals surface area contributed by atoms with Crippen LogP contribution >= 0.6 is 0 Å². The monoisotopic (exact) mass is 249 g/mol. The van der Waals surface area contributed by atoms with E-state index in [1.165, 1.54) is 0 Å². The summed E-state index contributed by atoms with van der Waals surface area (Å²) in [6.07, 6.45) is 0. The molecule has 1 rings (SSSR count). The van der Waals surface area contributed by atoms with E-state index >= 15 is 0 Å². The minimum absolute atomic E-state index is 0.427. The zero-order valence-electron chi connectivity index (χ0n) is 8.45. The molecule has 0 bridgehead atoms. The first kappa shape index (κ1) is 12.9. The number of nitrogens with zero attached hydrogens (tertiary/aromatic N) is 1. The standard InChI is InChI=1S/C9H6F3NO4/c1-4(14)6-2-5(10)3-7(17-9(11)12)8(6)13(15)16/h2-3,9H,1H3. The van der Waals surface area contributed by atoms with E-state index in [4.69, 9.17) is 0 Å². The Morgan fingerprint density at radius 3 is 2.47 bits per heavy atom. The van der Waals surface area contributed by atoms with E-state index in [1.807, 2.05) is 0 Å². The van der Waals surface area contributed by atoms with Crippen LogP contribution in [-0.2, 0) is 0 Å². The molecule has 8 heteroatoms. The molecule has 0 heterocycles. The highest BCUT2D eigenvalue weighted by Crippen LogP contribution is 2.33. The average Bonchev–Trinajstić information content (AvgIpc) is 2.14. The second kappa shape index (κ2) is 4.81. The molecule has 0 saturated heterocycles. The van der Waals surface area contributed by atoms with Crippen LogP contribution in [0.1, 0.15) is 17.3 Å². The summed E-state index contributed by atoms with van der Waals surface area (Å²) in [5.41, 5.74) is -1.59. The first-order valence-corrected chi connectivity index (χ1v) is 4.26. The number of rotatable bonds is 4. The number of ether oxygens (including phenoxy) is 1. The molecule has 0 saturated carbocycles. The van der Waals surface area contributed by atoms with E-state index in [-0.39, 0.29) is 0 Å². The maximum Gasteiger partial charge on any atom is 0.387 e. The lowest BCUT2D eigenvalue weighted by atomic mass is 10.1. The molecule has 0 unspecified atom stereocenters. The molecule has 0 aliphatic rings. The van der Waals surface area contributed by atoms with E-state index < -0.39 is 40.1 Å². The average molecular weight is 249 g/mol. The molecule has 1 aromatic rings. The Morgan fingerprint density at radius 2 is 2.06 bits per heavy atom. The zero-order chi connectivity index (χ0) is 13.2. The van der Waals surface area contributed by atoms with Crippen molar-refractivity contribution in [1.29, 1.82) is 0 Å². The summed E-state index contributed by atoms with van der Waals surface area (Å²) < 4.78 is 40.7. The highest BCUT2D eigenvalue weighted by Gasteiger charge is 2.27. The van der Waals surface area contributed by atoms with Gasteiger partial charge in [0.15, 0.2) is 5.78 Å². The number of benzene rings is 1. The van der Waals surface area contributed by atoms with Gasteiger partial charge in [-0.15, -0.1) is 0 Å². The molecule has 1 aromatic carbocycles. The lowest BCUT2D eigenvalue weighted by Crippen LogP contribution is -2.08. The third-order valence-corrected chi connectivity index (χ3v) is 1.82. The Labute approximate surface area is 93.0 Å². The van der Waals surface area contributed by atoms with Gasteiger partial charge in [0, 0.05) is 6.07 Å². The number of carbonyl (C=O) groups excluding carboxylic acids is 1. The third kappa shape index (κ3) is 2.92. The Hall–Kier alpha value is -2.12. The fourth-order valence-electron chi connectivity index (χ4n) is 1.22. The van der Waals surface area contributed by atoms with Gasteiger partial charge in [0.25, 0.3) is 0 Å². The van der Waals surface area contributed by atoms with Crippen LogP contribution < -0.4 is 4.74 Å². The normalized spacial score (nSPS) is 10.4. The Morgan fingerprint density at radius 1 is 1.47 bits per heavy atom. The van der Waals surface area contributed by atoms with Crippen molar-refractivity contribution in [2.45, 2.75) is 13.5 Å². The van der Waals surface area contributed by atoms with Crippen LogP contribution in [-0.4, -0.2) is 17.3 Å². The molecule has 5 nitrogen and oxygen atoms in total. The maximum atomic E-state index is 13.0. The molecule has 0 aliphatic heterocycles. The summed E-state index contributed by atoms with van der Waals surface area (Å²) in [5, 5.41) is 10.6. The lowest BCUT2D eigenvalue weighted by molar-refractivity contribution is -0.386. The van der Waals surface area contributed by atoms with Gasteiger partial charge in [0.2, 0.25) is 5.75 Å². The molecule has 17 heavy (non-hydrogen) atoms. The SMILES string of the molecule is CC(=O)c1cc(F)cc(OC(F)F)c1[N+](=O)[O-]. The number of carbonyl (C=O) groups is 1. The quantitative estimate of drug-likeness (QED) is 0.467. The second-order valence-corrected chi connectivity index (χ2v) is 2.99. The molecule has 0 fully saturated rings. The van der Waals surface area contributed by atoms with Crippen LogP contribution in [0.3, 0.4) is 0 Å². The van der Waals surface area contributed by atoms with Crippen molar-refractivity contribution >= 4 is 11.5 Å². The van der Waals surface area contributed by atoms with Crippen LogP contribution in [0.5, 0.6) is 5.75 Å². The number of ketones is 1. The van der Waals surface area contributed by atoms with Crippen molar-refractivity contribution in [3.05, 3.63) is 33.6 Å². The van der Waals surface area contributed by atoms with Gasteiger partial charge in [0.05, 0.1) is 4.92 Å². The Kier molecular flexibility index (Phi) is 3.66. The zero-order valence-corrected chi connectivity index (χ0v) is 8.45. The summed E-state index contributed by atoms with van der Waals surface area (Å²) in [6.45, 7) is -2.40. The number of nitro groups is 1. The first-order chi connectivity index (χ1) is 7.82. The van der Waals surface area contributed by atoms with Gasteiger partial charge in [0.1, 0.15) is 11.4 Å². The minimum atomic E-state index is -3.35. The fraction of sp³-hybridized carbons (Fsp3) is 0.222. The second-order valence-electron chi connectivity index (χ2n) is 2.99. The predicted molar refractivity (Wildman–Crippen MR) is 49.7 cm³/mol. The van der Waals surface area contributed by atoms with Gasteiger partial charge in [-0.25, -0.2) is 4.39 Å². The maximum absolute atomic E-state index is 13.0. The molecule has 92 valence electrons. The fourth-order valence-corrected chi connectivity index (χ4v) is 1.22. The molecular formula is C9H6F3NO4. The van der Waals surface area contributed by atoms with Crippen molar-refractivity contribution in [2.24, 2.45) is 0 Å². The number of hydrogen-bond donors (Lipinski definition) is 0. The van der Waals surface area contributed by atoms with Crippen LogP contribution in [0.25, 0.3) is 0 Å². The van der Waals surface area contributed by atoms with E-state index in [1.54, 1.807) is 0 Å². The van der Waals surface area contributed by atoms with Gasteiger partial charge in [-0.1, -0.05) is 0 Å². The summed E-state index contributed by atoms with van der Waals surface area (Å²) >= 11 is 0. The molecule has 0 aromatic heterocycles. The first-order valence-electron chi connectivity index (χ1n) is 4.26. The largest absolute Gasteiger partial charge is 0.427 e. The third-order valence-electron chi connectivity index (χ3n) is 1.82. The van der Waals surface area contributed by atoms with Gasteiger partial charge >= 0.3 is 12.3 Å². The Balaban J connectivity index is 3.46. The lowest BCUT2D eigenvalue weighted by Gasteiger charge is -2.07. The van der Waals surface area contributed by atoms with Crippen LogP contribution in [0.15, 0.2) is 12.1 Å². The van der Waals surface area contributed by atoms with Crippen LogP contribution in [0.4, 0.5) is 18.9 Å². The molecular weight excluding hydrogens is 243 g/mol. The molecule has 0 amide bonds. The van der Waals surface area contributed by atoms with Gasteiger partial charge in [-0.2, -0.15) is 8.78 Å². The summed E-state index contributed by atoms with van der Waals surface area (Å²) in [7, 11) is 0. The van der Waals surface area contributed by atoms with Crippen LogP contribution in [0, 0.1) is 15.9 Å². The van der Waals surface area contributed by atoms with E-state index in [0.29, 0.717) is 12.1 Å². The van der Waals surface area contributed by atoms with Gasteiger partial charge < -0.3 is 4.74 Å². The number of nitro benzene ring substituents is 1. The smallest absolute Gasteiger partial charge is 0.387 e.